The van der Waals surface area contributed by atoms with E-state index < -0.39 is 27.8 Å². The summed E-state index contributed by atoms with van der Waals surface area (Å²) < 4.78 is 49.2. The fourth-order valence-electron chi connectivity index (χ4n) is 1.50. The number of rotatable bonds is 7. The summed E-state index contributed by atoms with van der Waals surface area (Å²) in [6.07, 6.45) is -0.370. The van der Waals surface area contributed by atoms with Crippen molar-refractivity contribution in [1.29, 1.82) is 0 Å². The van der Waals surface area contributed by atoms with Gasteiger partial charge in [-0.15, -0.1) is 0 Å². The van der Waals surface area contributed by atoms with Gasteiger partial charge < -0.3 is 0 Å². The van der Waals surface area contributed by atoms with Crippen molar-refractivity contribution in [3.05, 3.63) is 11.8 Å². The van der Waals surface area contributed by atoms with Gasteiger partial charge in [-0.1, -0.05) is 13.3 Å². The molecule has 5 nitrogen and oxygen atoms in total. The Morgan fingerprint density at radius 1 is 1.50 bits per heavy atom. The molecule has 8 heteroatoms. The van der Waals surface area contributed by atoms with Crippen LogP contribution in [-0.4, -0.2) is 36.7 Å². The highest BCUT2D eigenvalue weighted by Gasteiger charge is 2.25. The van der Waals surface area contributed by atoms with Crippen LogP contribution in [0.25, 0.3) is 0 Å². The average molecular weight is 280 g/mol. The van der Waals surface area contributed by atoms with E-state index in [1.54, 1.807) is 0 Å². The molecule has 18 heavy (non-hydrogen) atoms. The van der Waals surface area contributed by atoms with Gasteiger partial charge in [0.1, 0.15) is 6.54 Å². The molecule has 0 aliphatic heterocycles. The molecule has 0 amide bonds. The summed E-state index contributed by atoms with van der Waals surface area (Å²) in [6.45, 7) is 0.973. The molecule has 1 aromatic heterocycles. The van der Waals surface area contributed by atoms with Crippen LogP contribution in [0.5, 0.6) is 0 Å². The molecule has 102 valence electrons. The first-order valence-corrected chi connectivity index (χ1v) is 7.09. The van der Waals surface area contributed by atoms with Crippen molar-refractivity contribution >= 4 is 16.1 Å². The van der Waals surface area contributed by atoms with Crippen LogP contribution in [0.4, 0.5) is 8.78 Å². The van der Waals surface area contributed by atoms with E-state index in [9.17, 15) is 22.0 Å². The lowest BCUT2D eigenvalue weighted by atomic mass is 10.4. The number of carbonyl (C=O) groups excluding carboxylic acids is 1. The van der Waals surface area contributed by atoms with Crippen LogP contribution in [-0.2, 0) is 16.4 Å². The number of sulfone groups is 1. The standard InChI is InChI=1S/C10H14F2N2O3S/c1-2-3-4-18(16,17)10-8(7-15)5-13-14(10)6-9(11)12/h5,7,9H,2-4,6H2,1H3. The van der Waals surface area contributed by atoms with Crippen LogP contribution in [0.15, 0.2) is 11.2 Å². The van der Waals surface area contributed by atoms with Crippen molar-refractivity contribution in [1.82, 2.24) is 9.78 Å². The van der Waals surface area contributed by atoms with Crippen molar-refractivity contribution < 1.29 is 22.0 Å². The monoisotopic (exact) mass is 280 g/mol. The Bertz CT molecular complexity index is 511. The Morgan fingerprint density at radius 3 is 2.67 bits per heavy atom. The molecule has 0 unspecified atom stereocenters. The first-order valence-electron chi connectivity index (χ1n) is 5.44. The lowest BCUT2D eigenvalue weighted by Gasteiger charge is -2.08. The predicted octanol–water partition coefficient (Wildman–Crippen LogP) is 1.53. The number of hydrogen-bond acceptors (Lipinski definition) is 4. The molecule has 0 saturated heterocycles. The van der Waals surface area contributed by atoms with E-state index in [1.807, 2.05) is 6.92 Å². The molecular weight excluding hydrogens is 266 g/mol. The molecular formula is C10H14F2N2O3S. The summed E-state index contributed by atoms with van der Waals surface area (Å²) in [5.74, 6) is -0.181. The molecule has 0 saturated carbocycles. The second kappa shape index (κ2) is 6.03. The second-order valence-electron chi connectivity index (χ2n) is 3.77. The van der Waals surface area contributed by atoms with Gasteiger partial charge in [0.15, 0.2) is 21.1 Å². The molecule has 0 aliphatic rings. The quantitative estimate of drug-likeness (QED) is 0.710. The third-order valence-corrected chi connectivity index (χ3v) is 4.18. The van der Waals surface area contributed by atoms with E-state index in [0.717, 1.165) is 6.20 Å². The van der Waals surface area contributed by atoms with Gasteiger partial charge in [0.2, 0.25) is 0 Å². The largest absolute Gasteiger partial charge is 0.298 e. The number of aromatic nitrogens is 2. The van der Waals surface area contributed by atoms with Crippen molar-refractivity contribution in [2.75, 3.05) is 5.75 Å². The van der Waals surface area contributed by atoms with Gasteiger partial charge >= 0.3 is 0 Å². The maximum Gasteiger partial charge on any atom is 0.257 e. The molecule has 0 N–H and O–H groups in total. The summed E-state index contributed by atoms with van der Waals surface area (Å²) in [7, 11) is -3.76. The van der Waals surface area contributed by atoms with E-state index in [0.29, 0.717) is 23.8 Å². The minimum absolute atomic E-state index is 0.174. The second-order valence-corrected chi connectivity index (χ2v) is 5.79. The van der Waals surface area contributed by atoms with E-state index in [4.69, 9.17) is 0 Å². The first kappa shape index (κ1) is 14.7. The average Bonchev–Trinajstić information content (AvgIpc) is 2.69. The Labute approximate surface area is 104 Å². The maximum absolute atomic E-state index is 12.3. The molecule has 1 aromatic rings. The number of carbonyl (C=O) groups is 1. The van der Waals surface area contributed by atoms with Gasteiger partial charge in [0.25, 0.3) is 6.43 Å². The minimum Gasteiger partial charge on any atom is -0.298 e. The van der Waals surface area contributed by atoms with Crippen LogP contribution in [0.2, 0.25) is 0 Å². The van der Waals surface area contributed by atoms with Crippen LogP contribution >= 0.6 is 0 Å². The number of aldehydes is 1. The number of hydrogen-bond donors (Lipinski definition) is 0. The van der Waals surface area contributed by atoms with Gasteiger partial charge in [-0.3, -0.25) is 4.79 Å². The third-order valence-electron chi connectivity index (χ3n) is 2.32. The zero-order chi connectivity index (χ0) is 13.8. The Kier molecular flexibility index (Phi) is 4.94. The van der Waals surface area contributed by atoms with Crippen molar-refractivity contribution in [2.45, 2.75) is 37.8 Å². The highest BCUT2D eigenvalue weighted by Crippen LogP contribution is 2.18. The zero-order valence-corrected chi connectivity index (χ0v) is 10.7. The Hall–Kier alpha value is -1.31. The predicted molar refractivity (Wildman–Crippen MR) is 60.6 cm³/mol. The van der Waals surface area contributed by atoms with Crippen molar-refractivity contribution in [2.24, 2.45) is 0 Å². The topological polar surface area (TPSA) is 69.0 Å². The minimum atomic E-state index is -3.76. The van der Waals surface area contributed by atoms with Gasteiger partial charge in [0, 0.05) is 0 Å². The fourth-order valence-corrected chi connectivity index (χ4v) is 3.27. The van der Waals surface area contributed by atoms with Gasteiger partial charge in [-0.25, -0.2) is 21.9 Å². The van der Waals surface area contributed by atoms with Crippen LogP contribution in [0.1, 0.15) is 30.1 Å². The van der Waals surface area contributed by atoms with Crippen LogP contribution in [0.3, 0.4) is 0 Å². The maximum atomic E-state index is 12.3. The highest BCUT2D eigenvalue weighted by molar-refractivity contribution is 7.91. The molecule has 0 aromatic carbocycles. The summed E-state index contributed by atoms with van der Waals surface area (Å²) in [6, 6.07) is 0. The number of halogens is 2. The molecule has 0 aliphatic carbocycles. The van der Waals surface area contributed by atoms with E-state index in [2.05, 4.69) is 5.10 Å². The summed E-state index contributed by atoms with van der Waals surface area (Å²) in [4.78, 5) is 10.7. The smallest absolute Gasteiger partial charge is 0.257 e. The van der Waals surface area contributed by atoms with Crippen LogP contribution < -0.4 is 0 Å². The van der Waals surface area contributed by atoms with Crippen molar-refractivity contribution in [3.8, 4) is 0 Å². The first-order chi connectivity index (χ1) is 8.42. The number of unbranched alkanes of at least 4 members (excludes halogenated alkanes) is 1. The molecule has 0 spiro atoms. The van der Waals surface area contributed by atoms with Crippen molar-refractivity contribution in [3.63, 3.8) is 0 Å². The Balaban J connectivity index is 3.18. The fraction of sp³-hybridized carbons (Fsp3) is 0.600. The molecule has 0 bridgehead atoms. The normalized spacial score (nSPS) is 12.0. The molecule has 0 radical (unpaired) electrons. The number of alkyl halides is 2. The lowest BCUT2D eigenvalue weighted by Crippen LogP contribution is -2.18. The zero-order valence-electron chi connectivity index (χ0n) is 9.84. The van der Waals surface area contributed by atoms with Gasteiger partial charge in [-0.05, 0) is 6.42 Å². The molecule has 1 rings (SSSR count). The SMILES string of the molecule is CCCCS(=O)(=O)c1c(C=O)cnn1CC(F)F. The highest BCUT2D eigenvalue weighted by atomic mass is 32.2. The van der Waals surface area contributed by atoms with E-state index >= 15 is 0 Å². The van der Waals surface area contributed by atoms with Gasteiger partial charge in [-0.2, -0.15) is 5.10 Å². The van der Waals surface area contributed by atoms with E-state index in [1.165, 1.54) is 0 Å². The summed E-state index contributed by atoms with van der Waals surface area (Å²) in [5.41, 5.74) is -0.174. The molecule has 0 fully saturated rings. The Morgan fingerprint density at radius 2 is 2.17 bits per heavy atom. The van der Waals surface area contributed by atoms with Crippen LogP contribution in [0, 0.1) is 0 Å². The molecule has 0 atom stereocenters. The number of nitrogens with zero attached hydrogens (tertiary/aromatic N) is 2. The van der Waals surface area contributed by atoms with Gasteiger partial charge in [0.05, 0.1) is 17.5 Å². The van der Waals surface area contributed by atoms with E-state index in [-0.39, 0.29) is 11.3 Å². The summed E-state index contributed by atoms with van der Waals surface area (Å²) in [5, 5.41) is 3.12. The lowest BCUT2D eigenvalue weighted by molar-refractivity contribution is 0.110. The summed E-state index contributed by atoms with van der Waals surface area (Å²) >= 11 is 0. The molecule has 1 heterocycles. The third kappa shape index (κ3) is 3.34.